The molecule has 0 aromatic heterocycles. The maximum absolute atomic E-state index is 5.40. The van der Waals surface area contributed by atoms with Crippen molar-refractivity contribution in [2.24, 2.45) is 0 Å². The predicted molar refractivity (Wildman–Crippen MR) is 72.6 cm³/mol. The summed E-state index contributed by atoms with van der Waals surface area (Å²) in [6.07, 6.45) is 0. The highest BCUT2D eigenvalue weighted by atomic mass is 16.5. The van der Waals surface area contributed by atoms with Crippen molar-refractivity contribution in [1.82, 2.24) is 5.32 Å². The molecule has 0 heterocycles. The van der Waals surface area contributed by atoms with Gasteiger partial charge in [0.25, 0.3) is 0 Å². The lowest BCUT2D eigenvalue weighted by Crippen LogP contribution is -2.17. The van der Waals surface area contributed by atoms with E-state index >= 15 is 0 Å². The van der Waals surface area contributed by atoms with Crippen LogP contribution < -0.4 is 10.1 Å². The van der Waals surface area contributed by atoms with Crippen LogP contribution in [0.5, 0.6) is 5.75 Å². The summed E-state index contributed by atoms with van der Waals surface area (Å²) >= 11 is 0. The van der Waals surface area contributed by atoms with Crippen LogP contribution >= 0.6 is 0 Å². The van der Waals surface area contributed by atoms with E-state index in [4.69, 9.17) is 4.74 Å². The van der Waals surface area contributed by atoms with Gasteiger partial charge < -0.3 is 10.1 Å². The van der Waals surface area contributed by atoms with Crippen LogP contribution in [-0.2, 0) is 0 Å². The Hall–Kier alpha value is -1.54. The Morgan fingerprint density at radius 2 is 1.82 bits per heavy atom. The minimum atomic E-state index is 0.357. The lowest BCUT2D eigenvalue weighted by molar-refractivity contribution is 0.419. The molecule has 0 aliphatic rings. The van der Waals surface area contributed by atoms with E-state index in [1.54, 1.807) is 7.11 Å². The molecule has 1 N–H and O–H groups in total. The molecule has 90 valence electrons. The Morgan fingerprint density at radius 1 is 1.12 bits per heavy atom. The second-order valence-corrected chi connectivity index (χ2v) is 4.18. The van der Waals surface area contributed by atoms with Crippen molar-refractivity contribution >= 4 is 10.8 Å². The van der Waals surface area contributed by atoms with Gasteiger partial charge in [0.2, 0.25) is 0 Å². The van der Waals surface area contributed by atoms with E-state index in [1.807, 2.05) is 12.1 Å². The van der Waals surface area contributed by atoms with E-state index < -0.39 is 0 Å². The van der Waals surface area contributed by atoms with Gasteiger partial charge in [-0.15, -0.1) is 0 Å². The van der Waals surface area contributed by atoms with Gasteiger partial charge in [0.1, 0.15) is 5.75 Å². The summed E-state index contributed by atoms with van der Waals surface area (Å²) < 4.78 is 5.40. The van der Waals surface area contributed by atoms with Crippen molar-refractivity contribution in [2.45, 2.75) is 19.9 Å². The average Bonchev–Trinajstić information content (AvgIpc) is 2.37. The molecule has 0 aliphatic heterocycles. The molecule has 0 spiro atoms. The molecule has 0 fully saturated rings. The van der Waals surface area contributed by atoms with Gasteiger partial charge in [0.05, 0.1) is 7.11 Å². The fraction of sp³-hybridized carbons (Fsp3) is 0.333. The SMILES string of the molecule is CCNC(C)c1ccc(OC)c2ccccc12. The zero-order valence-corrected chi connectivity index (χ0v) is 10.7. The molecule has 2 aromatic carbocycles. The van der Waals surface area contributed by atoms with Gasteiger partial charge in [-0.3, -0.25) is 0 Å². The van der Waals surface area contributed by atoms with E-state index in [0.29, 0.717) is 6.04 Å². The number of ether oxygens (including phenoxy) is 1. The van der Waals surface area contributed by atoms with Gasteiger partial charge >= 0.3 is 0 Å². The van der Waals surface area contributed by atoms with Crippen LogP contribution in [0, 0.1) is 0 Å². The zero-order chi connectivity index (χ0) is 12.3. The Morgan fingerprint density at radius 3 is 2.47 bits per heavy atom. The van der Waals surface area contributed by atoms with Crippen molar-refractivity contribution in [1.29, 1.82) is 0 Å². The quantitative estimate of drug-likeness (QED) is 0.866. The molecule has 2 nitrogen and oxygen atoms in total. The molecule has 0 bridgehead atoms. The number of rotatable bonds is 4. The molecule has 0 amide bonds. The van der Waals surface area contributed by atoms with E-state index in [1.165, 1.54) is 16.3 Å². The van der Waals surface area contributed by atoms with E-state index in [0.717, 1.165) is 12.3 Å². The minimum Gasteiger partial charge on any atom is -0.496 e. The Bertz CT molecular complexity index is 507. The van der Waals surface area contributed by atoms with Gasteiger partial charge in [-0.05, 0) is 30.5 Å². The van der Waals surface area contributed by atoms with Crippen LogP contribution in [0.2, 0.25) is 0 Å². The largest absolute Gasteiger partial charge is 0.496 e. The lowest BCUT2D eigenvalue weighted by atomic mass is 9.99. The normalized spacial score (nSPS) is 12.6. The first kappa shape index (κ1) is 11.9. The molecule has 1 atom stereocenters. The van der Waals surface area contributed by atoms with Crippen LogP contribution in [0.1, 0.15) is 25.5 Å². The van der Waals surface area contributed by atoms with Gasteiger partial charge in [-0.25, -0.2) is 0 Å². The van der Waals surface area contributed by atoms with Crippen LogP contribution in [0.4, 0.5) is 0 Å². The number of nitrogens with one attached hydrogen (secondary N) is 1. The summed E-state index contributed by atoms with van der Waals surface area (Å²) in [5.74, 6) is 0.938. The molecular weight excluding hydrogens is 210 g/mol. The highest BCUT2D eigenvalue weighted by Gasteiger charge is 2.10. The summed E-state index contributed by atoms with van der Waals surface area (Å²) in [5, 5.41) is 5.89. The van der Waals surface area contributed by atoms with E-state index in [-0.39, 0.29) is 0 Å². The first-order valence-electron chi connectivity index (χ1n) is 6.07. The molecule has 0 saturated heterocycles. The molecular formula is C15H19NO. The third-order valence-corrected chi connectivity index (χ3v) is 3.11. The summed E-state index contributed by atoms with van der Waals surface area (Å²) in [5.41, 5.74) is 1.32. The number of hydrogen-bond donors (Lipinski definition) is 1. The second kappa shape index (κ2) is 5.19. The van der Waals surface area contributed by atoms with Crippen LogP contribution in [0.15, 0.2) is 36.4 Å². The van der Waals surface area contributed by atoms with E-state index in [9.17, 15) is 0 Å². The van der Waals surface area contributed by atoms with Crippen molar-refractivity contribution in [2.75, 3.05) is 13.7 Å². The van der Waals surface area contributed by atoms with E-state index in [2.05, 4.69) is 43.4 Å². The topological polar surface area (TPSA) is 21.3 Å². The third kappa shape index (κ3) is 2.27. The zero-order valence-electron chi connectivity index (χ0n) is 10.7. The number of methoxy groups -OCH3 is 1. The summed E-state index contributed by atoms with van der Waals surface area (Å²) in [4.78, 5) is 0. The molecule has 0 saturated carbocycles. The second-order valence-electron chi connectivity index (χ2n) is 4.18. The smallest absolute Gasteiger partial charge is 0.126 e. The minimum absolute atomic E-state index is 0.357. The third-order valence-electron chi connectivity index (χ3n) is 3.11. The maximum Gasteiger partial charge on any atom is 0.126 e. The van der Waals surface area contributed by atoms with Crippen molar-refractivity contribution in [3.05, 3.63) is 42.0 Å². The molecule has 0 aliphatic carbocycles. The van der Waals surface area contributed by atoms with Gasteiger partial charge in [0, 0.05) is 11.4 Å². The van der Waals surface area contributed by atoms with Crippen molar-refractivity contribution < 1.29 is 4.74 Å². The standard InChI is InChI=1S/C15H19NO/c1-4-16-11(2)12-9-10-15(17-3)14-8-6-5-7-13(12)14/h5-11,16H,4H2,1-3H3. The summed E-state index contributed by atoms with van der Waals surface area (Å²) in [7, 11) is 1.72. The number of benzene rings is 2. The van der Waals surface area contributed by atoms with Crippen LogP contribution in [0.25, 0.3) is 10.8 Å². The van der Waals surface area contributed by atoms with Gasteiger partial charge in [0.15, 0.2) is 0 Å². The summed E-state index contributed by atoms with van der Waals surface area (Å²) in [6, 6.07) is 12.9. The molecule has 1 unspecified atom stereocenters. The molecule has 17 heavy (non-hydrogen) atoms. The molecule has 2 heteroatoms. The van der Waals surface area contributed by atoms with Crippen molar-refractivity contribution in [3.63, 3.8) is 0 Å². The Balaban J connectivity index is 2.58. The Kier molecular flexibility index (Phi) is 3.64. The van der Waals surface area contributed by atoms with Crippen molar-refractivity contribution in [3.8, 4) is 5.75 Å². The van der Waals surface area contributed by atoms with Gasteiger partial charge in [-0.2, -0.15) is 0 Å². The van der Waals surface area contributed by atoms with Crippen LogP contribution in [0.3, 0.4) is 0 Å². The van der Waals surface area contributed by atoms with Crippen LogP contribution in [-0.4, -0.2) is 13.7 Å². The highest BCUT2D eigenvalue weighted by molar-refractivity contribution is 5.91. The van der Waals surface area contributed by atoms with Gasteiger partial charge in [-0.1, -0.05) is 37.3 Å². The maximum atomic E-state index is 5.40. The molecule has 2 aromatic rings. The molecule has 0 radical (unpaired) electrons. The first-order chi connectivity index (χ1) is 8.27. The summed E-state index contributed by atoms with van der Waals surface area (Å²) in [6.45, 7) is 5.29. The highest BCUT2D eigenvalue weighted by Crippen LogP contribution is 2.31. The Labute approximate surface area is 103 Å². The fourth-order valence-electron chi connectivity index (χ4n) is 2.27. The molecule has 2 rings (SSSR count). The lowest BCUT2D eigenvalue weighted by Gasteiger charge is -2.16. The number of hydrogen-bond acceptors (Lipinski definition) is 2. The average molecular weight is 229 g/mol. The first-order valence-corrected chi connectivity index (χ1v) is 6.07. The predicted octanol–water partition coefficient (Wildman–Crippen LogP) is 3.52. The fourth-order valence-corrected chi connectivity index (χ4v) is 2.27. The number of fused-ring (bicyclic) bond motifs is 1. The monoisotopic (exact) mass is 229 g/mol.